The minimum atomic E-state index is -0.584. The molecule has 1 aliphatic carbocycles. The zero-order chi connectivity index (χ0) is 17.3. The predicted octanol–water partition coefficient (Wildman–Crippen LogP) is 3.19. The Bertz CT molecular complexity index is 832. The first-order chi connectivity index (χ1) is 11.4. The molecule has 0 atom stereocenters. The highest BCUT2D eigenvalue weighted by Gasteiger charge is 2.38. The van der Waals surface area contributed by atoms with Crippen molar-refractivity contribution < 1.29 is 10.2 Å². The number of phenols is 1. The van der Waals surface area contributed by atoms with Gasteiger partial charge in [0.1, 0.15) is 17.3 Å². The molecule has 3 rings (SSSR count). The highest BCUT2D eigenvalue weighted by Crippen LogP contribution is 2.35. The summed E-state index contributed by atoms with van der Waals surface area (Å²) in [5, 5.41) is 31.8. The second-order valence-electron chi connectivity index (χ2n) is 6.43. The molecular weight excluding hydrogens is 370 g/mol. The van der Waals surface area contributed by atoms with Crippen molar-refractivity contribution in [3.05, 3.63) is 35.4 Å². The van der Waals surface area contributed by atoms with E-state index in [1.807, 2.05) is 26.0 Å². The number of hydrogen-bond donors (Lipinski definition) is 3. The Balaban J connectivity index is 1.89. The molecular formula is C18H18BrN3O2. The van der Waals surface area contributed by atoms with E-state index in [4.69, 9.17) is 0 Å². The molecule has 0 aliphatic heterocycles. The molecule has 0 unspecified atom stereocenters. The molecule has 0 saturated heterocycles. The second-order valence-corrected chi connectivity index (χ2v) is 6.82. The number of nitrogens with zero attached hydrogens (tertiary/aromatic N) is 2. The summed E-state index contributed by atoms with van der Waals surface area (Å²) in [5.74, 6) is 3.70. The zero-order valence-electron chi connectivity index (χ0n) is 13.5. The molecule has 6 heteroatoms. The Morgan fingerprint density at radius 1 is 1.33 bits per heavy atom. The van der Waals surface area contributed by atoms with Gasteiger partial charge in [-0.2, -0.15) is 0 Å². The fourth-order valence-corrected chi connectivity index (χ4v) is 3.27. The van der Waals surface area contributed by atoms with Crippen molar-refractivity contribution in [2.24, 2.45) is 0 Å². The van der Waals surface area contributed by atoms with Crippen molar-refractivity contribution in [1.29, 1.82) is 0 Å². The van der Waals surface area contributed by atoms with Gasteiger partial charge >= 0.3 is 0 Å². The van der Waals surface area contributed by atoms with Gasteiger partial charge in [0.2, 0.25) is 0 Å². The largest absolute Gasteiger partial charge is 0.507 e. The molecule has 1 saturated carbocycles. The molecule has 1 aromatic heterocycles. The number of aryl methyl sites for hydroxylation is 1. The number of anilines is 1. The van der Waals surface area contributed by atoms with Gasteiger partial charge in [-0.05, 0) is 55.3 Å². The summed E-state index contributed by atoms with van der Waals surface area (Å²) in [5.41, 5.74) is 2.16. The van der Waals surface area contributed by atoms with Crippen LogP contribution < -0.4 is 5.32 Å². The van der Waals surface area contributed by atoms with Crippen LogP contribution in [-0.4, -0.2) is 32.1 Å². The highest BCUT2D eigenvalue weighted by molar-refractivity contribution is 9.12. The molecule has 3 N–H and O–H groups in total. The molecule has 0 amide bonds. The van der Waals surface area contributed by atoms with Gasteiger partial charge in [-0.3, -0.25) is 0 Å². The summed E-state index contributed by atoms with van der Waals surface area (Å²) in [6.45, 7) is 3.75. The maximum absolute atomic E-state index is 10.2. The first-order valence-electron chi connectivity index (χ1n) is 7.67. The van der Waals surface area contributed by atoms with Crippen LogP contribution in [0, 0.1) is 17.7 Å². The maximum Gasteiger partial charge on any atom is 0.149 e. The minimum absolute atomic E-state index is 0.121. The summed E-state index contributed by atoms with van der Waals surface area (Å²) in [4.78, 5) is 2.67. The Morgan fingerprint density at radius 3 is 2.71 bits per heavy atom. The molecule has 1 aromatic carbocycles. The van der Waals surface area contributed by atoms with Gasteiger partial charge < -0.3 is 15.5 Å². The van der Waals surface area contributed by atoms with E-state index in [9.17, 15) is 10.2 Å². The van der Waals surface area contributed by atoms with Crippen LogP contribution in [0.25, 0.3) is 11.3 Å². The summed E-state index contributed by atoms with van der Waals surface area (Å²) >= 11 is 3.09. The van der Waals surface area contributed by atoms with E-state index in [1.54, 1.807) is 12.1 Å². The molecule has 5 nitrogen and oxygen atoms in total. The number of phenolic OH excluding ortho intramolecular Hbond substituents is 1. The van der Waals surface area contributed by atoms with E-state index in [-0.39, 0.29) is 11.8 Å². The van der Waals surface area contributed by atoms with E-state index in [0.717, 1.165) is 5.56 Å². The lowest BCUT2D eigenvalue weighted by molar-refractivity contribution is -0.0235. The number of benzene rings is 1. The van der Waals surface area contributed by atoms with Gasteiger partial charge in [-0.1, -0.05) is 12.0 Å². The third kappa shape index (κ3) is 3.37. The Labute approximate surface area is 149 Å². The van der Waals surface area contributed by atoms with E-state index in [0.29, 0.717) is 35.5 Å². The Morgan fingerprint density at radius 2 is 2.08 bits per heavy atom. The van der Waals surface area contributed by atoms with Crippen LogP contribution in [0.2, 0.25) is 0 Å². The third-order valence-corrected chi connectivity index (χ3v) is 4.37. The Hall–Kier alpha value is -2.10. The molecule has 124 valence electrons. The van der Waals surface area contributed by atoms with Crippen LogP contribution in [0.5, 0.6) is 5.75 Å². The average Bonchev–Trinajstić information content (AvgIpc) is 2.47. The molecule has 1 aliphatic rings. The Kier molecular flexibility index (Phi) is 4.48. The lowest BCUT2D eigenvalue weighted by Gasteiger charge is -2.41. The van der Waals surface area contributed by atoms with Crippen LogP contribution in [0.15, 0.2) is 24.3 Å². The first-order valence-corrected chi connectivity index (χ1v) is 8.46. The molecule has 0 bridgehead atoms. The predicted molar refractivity (Wildman–Crippen MR) is 96.9 cm³/mol. The monoisotopic (exact) mass is 387 g/mol. The average molecular weight is 388 g/mol. The van der Waals surface area contributed by atoms with E-state index in [1.165, 1.54) is 0 Å². The van der Waals surface area contributed by atoms with Crippen molar-refractivity contribution >= 4 is 21.7 Å². The summed E-state index contributed by atoms with van der Waals surface area (Å²) in [7, 11) is 0. The SMILES string of the molecule is Cc1cc(NC2CC(C)(O)C2)nnc1-c1c(O)cccc1C#CBr. The minimum Gasteiger partial charge on any atom is -0.507 e. The number of halogens is 1. The van der Waals surface area contributed by atoms with Gasteiger partial charge in [-0.25, -0.2) is 0 Å². The van der Waals surface area contributed by atoms with Crippen LogP contribution in [-0.2, 0) is 0 Å². The molecule has 1 heterocycles. The quantitative estimate of drug-likeness (QED) is 0.704. The molecule has 0 radical (unpaired) electrons. The third-order valence-electron chi connectivity index (χ3n) is 4.17. The summed E-state index contributed by atoms with van der Waals surface area (Å²) in [6, 6.07) is 7.28. The number of aliphatic hydroxyl groups is 1. The van der Waals surface area contributed by atoms with Crippen molar-refractivity contribution in [3.8, 4) is 27.8 Å². The normalized spacial score (nSPS) is 22.2. The van der Waals surface area contributed by atoms with Crippen molar-refractivity contribution in [2.45, 2.75) is 38.3 Å². The van der Waals surface area contributed by atoms with Gasteiger partial charge in [0.15, 0.2) is 0 Å². The van der Waals surface area contributed by atoms with E-state index in [2.05, 4.69) is 42.2 Å². The number of nitrogens with one attached hydrogen (secondary N) is 1. The highest BCUT2D eigenvalue weighted by atomic mass is 79.9. The van der Waals surface area contributed by atoms with Crippen molar-refractivity contribution in [3.63, 3.8) is 0 Å². The van der Waals surface area contributed by atoms with Crippen molar-refractivity contribution in [1.82, 2.24) is 10.2 Å². The van der Waals surface area contributed by atoms with Crippen LogP contribution in [0.1, 0.15) is 30.9 Å². The smallest absolute Gasteiger partial charge is 0.149 e. The number of rotatable bonds is 3. The van der Waals surface area contributed by atoms with Crippen LogP contribution in [0.3, 0.4) is 0 Å². The van der Waals surface area contributed by atoms with Gasteiger partial charge in [0.05, 0.1) is 11.2 Å². The van der Waals surface area contributed by atoms with Gasteiger partial charge in [0.25, 0.3) is 0 Å². The summed E-state index contributed by atoms with van der Waals surface area (Å²) in [6.07, 6.45) is 1.39. The fourth-order valence-electron chi connectivity index (χ4n) is 3.06. The van der Waals surface area contributed by atoms with Crippen molar-refractivity contribution in [2.75, 3.05) is 5.32 Å². The fraction of sp³-hybridized carbons (Fsp3) is 0.333. The lowest BCUT2D eigenvalue weighted by atomic mass is 9.77. The molecule has 24 heavy (non-hydrogen) atoms. The van der Waals surface area contributed by atoms with Gasteiger partial charge in [-0.15, -0.1) is 10.2 Å². The van der Waals surface area contributed by atoms with Crippen LogP contribution >= 0.6 is 15.9 Å². The number of hydrogen-bond acceptors (Lipinski definition) is 5. The van der Waals surface area contributed by atoms with Gasteiger partial charge in [0, 0.05) is 27.5 Å². The maximum atomic E-state index is 10.2. The lowest BCUT2D eigenvalue weighted by Crippen LogP contribution is -2.48. The van der Waals surface area contributed by atoms with E-state index >= 15 is 0 Å². The zero-order valence-corrected chi connectivity index (χ0v) is 15.1. The summed E-state index contributed by atoms with van der Waals surface area (Å²) < 4.78 is 0. The van der Waals surface area contributed by atoms with Crippen LogP contribution in [0.4, 0.5) is 5.82 Å². The molecule has 1 fully saturated rings. The second kappa shape index (κ2) is 6.42. The topological polar surface area (TPSA) is 78.3 Å². The molecule has 2 aromatic rings. The van der Waals surface area contributed by atoms with E-state index < -0.39 is 5.60 Å². The standard InChI is InChI=1S/C18H18BrN3O2/c1-11-8-15(20-13-9-18(2,24)10-13)21-22-17(11)16-12(6-7-19)4-3-5-14(16)23/h3-5,8,13,23-24H,9-10H2,1-2H3,(H,20,21). The molecule has 0 spiro atoms. The number of aromatic nitrogens is 2. The number of aromatic hydroxyl groups is 1. The first kappa shape index (κ1) is 16.7.